The Kier molecular flexibility index (Phi) is 12.9. The van der Waals surface area contributed by atoms with Gasteiger partial charge in [-0.25, -0.2) is 14.9 Å². The van der Waals surface area contributed by atoms with Crippen molar-refractivity contribution >= 4 is 34.6 Å². The minimum absolute atomic E-state index is 0.344. The van der Waals surface area contributed by atoms with E-state index in [1.165, 1.54) is 33.4 Å². The Labute approximate surface area is 433 Å². The van der Waals surface area contributed by atoms with Gasteiger partial charge in [0.05, 0.1) is 17.1 Å². The Balaban J connectivity index is 1.12. The lowest BCUT2D eigenvalue weighted by Gasteiger charge is -2.32. The molecule has 0 atom stereocenters. The number of nitrogens with zero attached hydrogens (tertiary/aromatic N) is 8. The van der Waals surface area contributed by atoms with Crippen molar-refractivity contribution in [2.24, 2.45) is 0 Å². The van der Waals surface area contributed by atoms with E-state index in [9.17, 15) is 0 Å². The highest BCUT2D eigenvalue weighted by Gasteiger charge is 2.26. The number of hydrogen-bond acceptors (Lipinski definition) is 8. The number of aromatic nitrogens is 6. The van der Waals surface area contributed by atoms with Gasteiger partial charge in [0.15, 0.2) is 23.3 Å². The molecule has 0 N–H and O–H groups in total. The first-order chi connectivity index (χ1) is 36.1. The summed E-state index contributed by atoms with van der Waals surface area (Å²) in [6.45, 7) is 13.1. The lowest BCUT2D eigenvalue weighted by molar-refractivity contribution is 0.964. The molecule has 0 saturated carbocycles. The van der Waals surface area contributed by atoms with Crippen molar-refractivity contribution in [3.63, 3.8) is 0 Å². The van der Waals surface area contributed by atoms with Crippen LogP contribution in [0.5, 0.6) is 0 Å². The van der Waals surface area contributed by atoms with Crippen LogP contribution in [0.4, 0.5) is 34.6 Å². The SMILES string of the molecule is Cc1cc(C)c(N(c2ccc(N(c3nc(-c4ccccc4)nc(-c4ccccc4)n3)c3nc(-c4ccccc4)nc(-c4ccc(-c5ccccc5-c5ccccc5)cc4)n3)cc2)c2c(C)cc(C)cc2C)c(C)c1. The predicted molar refractivity (Wildman–Crippen MR) is 304 cm³/mol. The molecule has 9 aromatic carbocycles. The van der Waals surface area contributed by atoms with Crippen LogP contribution in [0.3, 0.4) is 0 Å². The fourth-order valence-corrected chi connectivity index (χ4v) is 10.1. The van der Waals surface area contributed by atoms with Gasteiger partial charge < -0.3 is 4.90 Å². The van der Waals surface area contributed by atoms with Gasteiger partial charge in [0.2, 0.25) is 11.9 Å². The maximum Gasteiger partial charge on any atom is 0.241 e. The van der Waals surface area contributed by atoms with E-state index >= 15 is 0 Å². The summed E-state index contributed by atoms with van der Waals surface area (Å²) >= 11 is 0. The second-order valence-electron chi connectivity index (χ2n) is 18.8. The van der Waals surface area contributed by atoms with Crippen LogP contribution in [0, 0.1) is 41.5 Å². The van der Waals surface area contributed by atoms with Crippen molar-refractivity contribution in [2.75, 3.05) is 9.80 Å². The molecule has 0 radical (unpaired) electrons. The van der Waals surface area contributed by atoms with Crippen LogP contribution < -0.4 is 9.80 Å². The molecule has 0 spiro atoms. The molecule has 2 aromatic heterocycles. The van der Waals surface area contributed by atoms with Crippen LogP contribution in [0.25, 0.3) is 67.8 Å². The third-order valence-electron chi connectivity index (χ3n) is 13.3. The van der Waals surface area contributed by atoms with Crippen molar-refractivity contribution in [3.05, 3.63) is 252 Å². The van der Waals surface area contributed by atoms with Crippen LogP contribution in [0.2, 0.25) is 0 Å². The fourth-order valence-electron chi connectivity index (χ4n) is 10.1. The Hall–Kier alpha value is -9.40. The molecule has 0 bridgehead atoms. The van der Waals surface area contributed by atoms with E-state index in [0.717, 1.165) is 67.3 Å². The quantitative estimate of drug-likeness (QED) is 0.120. The Morgan fingerprint density at radius 2 is 0.527 bits per heavy atom. The first-order valence-corrected chi connectivity index (χ1v) is 24.9. The van der Waals surface area contributed by atoms with Gasteiger partial charge >= 0.3 is 0 Å². The molecule has 0 unspecified atom stereocenters. The third kappa shape index (κ3) is 9.56. The summed E-state index contributed by atoms with van der Waals surface area (Å²) in [5.41, 5.74) is 19.2. The molecule has 0 saturated heterocycles. The van der Waals surface area contributed by atoms with E-state index in [0.29, 0.717) is 35.2 Å². The molecule has 0 aliphatic heterocycles. The van der Waals surface area contributed by atoms with Crippen molar-refractivity contribution < 1.29 is 0 Å². The fraction of sp³-hybridized carbons (Fsp3) is 0.0909. The van der Waals surface area contributed by atoms with Crippen molar-refractivity contribution in [3.8, 4) is 67.8 Å². The molecule has 11 aromatic rings. The maximum absolute atomic E-state index is 5.36. The Bertz CT molecular complexity index is 3610. The van der Waals surface area contributed by atoms with E-state index in [4.69, 9.17) is 29.9 Å². The summed E-state index contributed by atoms with van der Waals surface area (Å²) in [5, 5.41) is 0. The zero-order valence-electron chi connectivity index (χ0n) is 42.4. The standard InChI is InChI=1S/C66H54N8/c1-43-39-45(3)59(46(4)40-43)73(60-47(5)41-44(2)42-48(60)6)55-35-37-56(38-36-55)74(65-69-61(51-23-13-8-14-24-51)67-62(70-65)52-25-15-9-16-26-52)66-71-63(53-27-17-10-18-28-53)68-64(72-66)54-33-31-50(32-34-54)58-30-20-19-29-57(58)49-21-11-7-12-22-49/h7-42H,1-6H3. The number of aryl methyl sites for hydroxylation is 6. The van der Waals surface area contributed by atoms with Gasteiger partial charge in [0.25, 0.3) is 0 Å². The average Bonchev–Trinajstić information content (AvgIpc) is 3.43. The zero-order valence-corrected chi connectivity index (χ0v) is 42.4. The minimum atomic E-state index is 0.344. The number of anilines is 6. The van der Waals surface area contributed by atoms with Crippen molar-refractivity contribution in [1.29, 1.82) is 0 Å². The maximum atomic E-state index is 5.36. The van der Waals surface area contributed by atoms with E-state index in [-0.39, 0.29) is 0 Å². The van der Waals surface area contributed by atoms with Crippen LogP contribution in [-0.4, -0.2) is 29.9 Å². The molecule has 0 aliphatic rings. The highest BCUT2D eigenvalue weighted by Crippen LogP contribution is 2.44. The van der Waals surface area contributed by atoms with Gasteiger partial charge in [0.1, 0.15) is 0 Å². The van der Waals surface area contributed by atoms with Gasteiger partial charge in [-0.15, -0.1) is 0 Å². The molecule has 0 amide bonds. The highest BCUT2D eigenvalue weighted by molar-refractivity contribution is 5.87. The predicted octanol–water partition coefficient (Wildman–Crippen LogP) is 16.8. The van der Waals surface area contributed by atoms with Crippen LogP contribution >= 0.6 is 0 Å². The molecule has 8 nitrogen and oxygen atoms in total. The lowest BCUT2D eigenvalue weighted by atomic mass is 9.94. The third-order valence-corrected chi connectivity index (χ3v) is 13.3. The van der Waals surface area contributed by atoms with E-state index < -0.39 is 0 Å². The van der Waals surface area contributed by atoms with Crippen LogP contribution in [0.1, 0.15) is 33.4 Å². The lowest BCUT2D eigenvalue weighted by Crippen LogP contribution is -2.19. The van der Waals surface area contributed by atoms with Crippen molar-refractivity contribution in [1.82, 2.24) is 29.9 Å². The minimum Gasteiger partial charge on any atom is -0.309 e. The molecule has 0 fully saturated rings. The largest absolute Gasteiger partial charge is 0.309 e. The van der Waals surface area contributed by atoms with Crippen LogP contribution in [0.15, 0.2) is 218 Å². The summed E-state index contributed by atoms with van der Waals surface area (Å²) in [6.07, 6.45) is 0. The second kappa shape index (κ2) is 20.4. The molecular weight excluding hydrogens is 905 g/mol. The molecule has 0 aliphatic carbocycles. The number of benzene rings is 9. The summed E-state index contributed by atoms with van der Waals surface area (Å²) in [5.74, 6) is 2.73. The average molecular weight is 959 g/mol. The number of hydrogen-bond donors (Lipinski definition) is 0. The monoisotopic (exact) mass is 958 g/mol. The highest BCUT2D eigenvalue weighted by atomic mass is 15.4. The smallest absolute Gasteiger partial charge is 0.241 e. The molecule has 74 heavy (non-hydrogen) atoms. The molecule has 11 rings (SSSR count). The summed E-state index contributed by atoms with van der Waals surface area (Å²) < 4.78 is 0. The second-order valence-corrected chi connectivity index (χ2v) is 18.8. The summed E-state index contributed by atoms with van der Waals surface area (Å²) in [7, 11) is 0. The van der Waals surface area contributed by atoms with Crippen molar-refractivity contribution in [2.45, 2.75) is 41.5 Å². The summed E-state index contributed by atoms with van der Waals surface area (Å²) in [6, 6.07) is 75.1. The molecular formula is C66H54N8. The zero-order chi connectivity index (χ0) is 50.7. The van der Waals surface area contributed by atoms with E-state index in [1.807, 2.05) is 102 Å². The summed E-state index contributed by atoms with van der Waals surface area (Å²) in [4.78, 5) is 35.8. The van der Waals surface area contributed by atoms with E-state index in [1.54, 1.807) is 0 Å². The normalized spacial score (nSPS) is 11.1. The first kappa shape index (κ1) is 47.0. The molecule has 358 valence electrons. The molecule has 2 heterocycles. The van der Waals surface area contributed by atoms with E-state index in [2.05, 4.69) is 168 Å². The Morgan fingerprint density at radius 1 is 0.257 bits per heavy atom. The Morgan fingerprint density at radius 3 is 0.878 bits per heavy atom. The number of rotatable bonds is 12. The van der Waals surface area contributed by atoms with Gasteiger partial charge in [0, 0.05) is 27.9 Å². The van der Waals surface area contributed by atoms with Gasteiger partial charge in [-0.1, -0.05) is 205 Å². The van der Waals surface area contributed by atoms with Gasteiger partial charge in [-0.05, 0) is 110 Å². The molecule has 8 heteroatoms. The van der Waals surface area contributed by atoms with Crippen LogP contribution in [-0.2, 0) is 0 Å². The topological polar surface area (TPSA) is 83.8 Å². The first-order valence-electron chi connectivity index (χ1n) is 24.9. The van der Waals surface area contributed by atoms with Gasteiger partial charge in [-0.2, -0.15) is 19.9 Å². The van der Waals surface area contributed by atoms with Gasteiger partial charge in [-0.3, -0.25) is 0 Å².